The number of benzene rings is 2. The summed E-state index contributed by atoms with van der Waals surface area (Å²) in [7, 11) is 0. The van der Waals surface area contributed by atoms with Crippen LogP contribution in [0.25, 0.3) is 5.69 Å². The average molecular weight is 377 g/mol. The SMILES string of the molecule is CCc1cccc(C)c1N=Cc1c(O)n(-c2ccc(C)cc2C)c(=O)[nH]c1=O. The summed E-state index contributed by atoms with van der Waals surface area (Å²) in [6, 6.07) is 11.3. The third-order valence-corrected chi connectivity index (χ3v) is 4.74. The van der Waals surface area contributed by atoms with E-state index in [0.717, 1.165) is 38.9 Å². The first-order valence-electron chi connectivity index (χ1n) is 9.12. The molecule has 3 aromatic rings. The normalized spacial score (nSPS) is 11.3. The van der Waals surface area contributed by atoms with Gasteiger partial charge in [-0.25, -0.2) is 9.36 Å². The molecule has 0 saturated heterocycles. The zero-order chi connectivity index (χ0) is 20.4. The van der Waals surface area contributed by atoms with E-state index in [1.807, 2.05) is 58.0 Å². The Kier molecular flexibility index (Phi) is 5.31. The summed E-state index contributed by atoms with van der Waals surface area (Å²) in [4.78, 5) is 31.4. The van der Waals surface area contributed by atoms with Gasteiger partial charge >= 0.3 is 5.69 Å². The maximum absolute atomic E-state index is 12.4. The number of hydrogen-bond donors (Lipinski definition) is 2. The number of nitrogens with zero attached hydrogens (tertiary/aromatic N) is 2. The molecule has 6 heteroatoms. The van der Waals surface area contributed by atoms with Gasteiger partial charge in [-0.05, 0) is 49.9 Å². The molecule has 0 aliphatic carbocycles. The van der Waals surface area contributed by atoms with Gasteiger partial charge < -0.3 is 5.11 Å². The molecule has 2 N–H and O–H groups in total. The standard InChI is InChI=1S/C22H23N3O3/c1-5-16-8-6-7-14(3)19(16)23-12-17-20(26)24-22(28)25(21(17)27)18-10-9-13(2)11-15(18)4/h6-12,27H,5H2,1-4H3,(H,24,26,28). The number of nitrogens with one attached hydrogen (secondary N) is 1. The van der Waals surface area contributed by atoms with E-state index in [4.69, 9.17) is 0 Å². The van der Waals surface area contributed by atoms with Crippen LogP contribution in [0.4, 0.5) is 5.69 Å². The highest BCUT2D eigenvalue weighted by Crippen LogP contribution is 2.25. The molecular formula is C22H23N3O3. The molecule has 0 radical (unpaired) electrons. The second-order valence-electron chi connectivity index (χ2n) is 6.82. The van der Waals surface area contributed by atoms with Crippen LogP contribution in [-0.2, 0) is 6.42 Å². The lowest BCUT2D eigenvalue weighted by molar-refractivity contribution is 0.430. The lowest BCUT2D eigenvalue weighted by atomic mass is 10.1. The third kappa shape index (κ3) is 3.53. The van der Waals surface area contributed by atoms with Gasteiger partial charge in [0.05, 0.1) is 11.4 Å². The summed E-state index contributed by atoms with van der Waals surface area (Å²) in [5.74, 6) is -0.434. The van der Waals surface area contributed by atoms with Crippen molar-refractivity contribution in [2.45, 2.75) is 34.1 Å². The van der Waals surface area contributed by atoms with Crippen LogP contribution in [0.2, 0.25) is 0 Å². The zero-order valence-corrected chi connectivity index (χ0v) is 16.4. The van der Waals surface area contributed by atoms with Crippen LogP contribution in [-0.4, -0.2) is 20.9 Å². The Morgan fingerprint density at radius 1 is 1.11 bits per heavy atom. The molecule has 28 heavy (non-hydrogen) atoms. The number of rotatable bonds is 4. The van der Waals surface area contributed by atoms with Crippen LogP contribution in [0.5, 0.6) is 5.88 Å². The molecule has 0 saturated carbocycles. The molecule has 1 aromatic heterocycles. The molecule has 0 bridgehead atoms. The minimum atomic E-state index is -0.697. The molecule has 3 rings (SSSR count). The number of H-pyrrole nitrogens is 1. The van der Waals surface area contributed by atoms with E-state index in [0.29, 0.717) is 5.69 Å². The summed E-state index contributed by atoms with van der Waals surface area (Å²) in [5.41, 5.74) is 3.66. The van der Waals surface area contributed by atoms with Gasteiger partial charge in [-0.15, -0.1) is 0 Å². The van der Waals surface area contributed by atoms with E-state index in [1.165, 1.54) is 6.21 Å². The van der Waals surface area contributed by atoms with Crippen LogP contribution in [0.1, 0.15) is 34.7 Å². The number of aromatic nitrogens is 2. The van der Waals surface area contributed by atoms with Gasteiger partial charge in [0, 0.05) is 6.21 Å². The molecule has 0 spiro atoms. The van der Waals surface area contributed by atoms with Crippen LogP contribution in [0.15, 0.2) is 51.0 Å². The van der Waals surface area contributed by atoms with Crippen LogP contribution in [0, 0.1) is 20.8 Å². The number of hydrogen-bond acceptors (Lipinski definition) is 4. The molecule has 0 aliphatic rings. The van der Waals surface area contributed by atoms with Gasteiger partial charge in [-0.1, -0.05) is 42.8 Å². The molecular weight excluding hydrogens is 354 g/mol. The minimum absolute atomic E-state index is 0.0649. The van der Waals surface area contributed by atoms with Crippen molar-refractivity contribution in [1.29, 1.82) is 0 Å². The van der Waals surface area contributed by atoms with Crippen molar-refractivity contribution in [3.05, 3.63) is 85.1 Å². The Morgan fingerprint density at radius 2 is 1.86 bits per heavy atom. The summed E-state index contributed by atoms with van der Waals surface area (Å²) in [6.07, 6.45) is 2.11. The molecule has 0 fully saturated rings. The van der Waals surface area contributed by atoms with Gasteiger partial charge in [-0.3, -0.25) is 14.8 Å². The summed E-state index contributed by atoms with van der Waals surface area (Å²) >= 11 is 0. The number of para-hydroxylation sites is 1. The number of aryl methyl sites for hydroxylation is 4. The monoisotopic (exact) mass is 377 g/mol. The van der Waals surface area contributed by atoms with E-state index in [2.05, 4.69) is 9.98 Å². The maximum atomic E-state index is 12.4. The summed E-state index contributed by atoms with van der Waals surface area (Å²) in [5, 5.41) is 10.7. The van der Waals surface area contributed by atoms with Crippen molar-refractivity contribution in [2.75, 3.05) is 0 Å². The molecule has 0 aliphatic heterocycles. The second kappa shape index (κ2) is 7.68. The quantitative estimate of drug-likeness (QED) is 0.683. The largest absolute Gasteiger partial charge is 0.493 e. The fourth-order valence-corrected chi connectivity index (χ4v) is 3.25. The highest BCUT2D eigenvalue weighted by atomic mass is 16.3. The zero-order valence-electron chi connectivity index (χ0n) is 16.4. The molecule has 0 atom stereocenters. The van der Waals surface area contributed by atoms with Gasteiger partial charge in [-0.2, -0.15) is 0 Å². The van der Waals surface area contributed by atoms with Crippen molar-refractivity contribution in [3.8, 4) is 11.6 Å². The van der Waals surface area contributed by atoms with Crippen LogP contribution in [0.3, 0.4) is 0 Å². The van der Waals surface area contributed by atoms with Crippen molar-refractivity contribution in [2.24, 2.45) is 4.99 Å². The Bertz CT molecular complexity index is 1190. The number of aromatic hydroxyl groups is 1. The van der Waals surface area contributed by atoms with Crippen LogP contribution < -0.4 is 11.2 Å². The Morgan fingerprint density at radius 3 is 2.54 bits per heavy atom. The first-order valence-corrected chi connectivity index (χ1v) is 9.12. The van der Waals surface area contributed by atoms with E-state index < -0.39 is 17.1 Å². The van der Waals surface area contributed by atoms with Gasteiger partial charge in [0.25, 0.3) is 5.56 Å². The predicted molar refractivity (Wildman–Crippen MR) is 112 cm³/mol. The van der Waals surface area contributed by atoms with E-state index in [1.54, 1.807) is 6.07 Å². The van der Waals surface area contributed by atoms with E-state index in [9.17, 15) is 14.7 Å². The first-order chi connectivity index (χ1) is 13.3. The Balaban J connectivity index is 2.19. The highest BCUT2D eigenvalue weighted by Gasteiger charge is 2.16. The fourth-order valence-electron chi connectivity index (χ4n) is 3.25. The van der Waals surface area contributed by atoms with E-state index >= 15 is 0 Å². The predicted octanol–water partition coefficient (Wildman–Crippen LogP) is 3.47. The Labute approximate surface area is 162 Å². The molecule has 1 heterocycles. The molecule has 0 unspecified atom stereocenters. The molecule has 144 valence electrons. The highest BCUT2D eigenvalue weighted by molar-refractivity contribution is 5.85. The van der Waals surface area contributed by atoms with Crippen molar-refractivity contribution in [1.82, 2.24) is 9.55 Å². The lowest BCUT2D eigenvalue weighted by Gasteiger charge is -2.13. The maximum Gasteiger partial charge on any atom is 0.335 e. The minimum Gasteiger partial charge on any atom is -0.493 e. The second-order valence-corrected chi connectivity index (χ2v) is 6.82. The smallest absolute Gasteiger partial charge is 0.335 e. The van der Waals surface area contributed by atoms with Crippen molar-refractivity contribution < 1.29 is 5.11 Å². The molecule has 2 aromatic carbocycles. The van der Waals surface area contributed by atoms with Gasteiger partial charge in [0.1, 0.15) is 5.56 Å². The summed E-state index contributed by atoms with van der Waals surface area (Å²) < 4.78 is 1.09. The summed E-state index contributed by atoms with van der Waals surface area (Å²) in [6.45, 7) is 7.75. The molecule has 0 amide bonds. The van der Waals surface area contributed by atoms with Gasteiger partial charge in [0.2, 0.25) is 5.88 Å². The van der Waals surface area contributed by atoms with Crippen molar-refractivity contribution >= 4 is 11.9 Å². The van der Waals surface area contributed by atoms with Gasteiger partial charge in [0.15, 0.2) is 0 Å². The average Bonchev–Trinajstić information content (AvgIpc) is 2.64. The lowest BCUT2D eigenvalue weighted by Crippen LogP contribution is -2.31. The van der Waals surface area contributed by atoms with E-state index in [-0.39, 0.29) is 5.56 Å². The third-order valence-electron chi connectivity index (χ3n) is 4.74. The topological polar surface area (TPSA) is 87.4 Å². The molecule has 6 nitrogen and oxygen atoms in total. The van der Waals surface area contributed by atoms with Crippen molar-refractivity contribution in [3.63, 3.8) is 0 Å². The van der Waals surface area contributed by atoms with Crippen LogP contribution >= 0.6 is 0 Å². The number of aromatic amines is 1. The first kappa shape index (κ1) is 19.4. The Hall–Kier alpha value is -3.41. The number of aliphatic imine (C=N–C) groups is 1. The fraction of sp³-hybridized carbons (Fsp3) is 0.227.